The maximum absolute atomic E-state index is 12.4. The molecule has 1 N–H and O–H groups in total. The molecular weight excluding hydrogens is 368 g/mol. The molecule has 0 aliphatic carbocycles. The third-order valence-corrected chi connectivity index (χ3v) is 4.59. The van der Waals surface area contributed by atoms with Crippen molar-refractivity contribution in [3.8, 4) is 5.82 Å². The minimum atomic E-state index is -0.947. The van der Waals surface area contributed by atoms with E-state index in [1.807, 2.05) is 52.0 Å². The van der Waals surface area contributed by atoms with Crippen molar-refractivity contribution >= 4 is 17.6 Å². The molecule has 1 aromatic carbocycles. The fourth-order valence-corrected chi connectivity index (χ4v) is 3.01. The summed E-state index contributed by atoms with van der Waals surface area (Å²) in [6.45, 7) is 9.20. The summed E-state index contributed by atoms with van der Waals surface area (Å²) in [5.74, 6) is -0.391. The number of esters is 1. The lowest BCUT2D eigenvalue weighted by Crippen LogP contribution is -2.30. The first-order chi connectivity index (χ1) is 13.8. The first-order valence-electron chi connectivity index (χ1n) is 9.34. The maximum atomic E-state index is 12.4. The van der Waals surface area contributed by atoms with Crippen molar-refractivity contribution in [2.24, 2.45) is 0 Å². The van der Waals surface area contributed by atoms with Gasteiger partial charge in [0, 0.05) is 17.6 Å². The van der Waals surface area contributed by atoms with Gasteiger partial charge in [-0.2, -0.15) is 5.10 Å². The van der Waals surface area contributed by atoms with Crippen molar-refractivity contribution in [1.29, 1.82) is 0 Å². The SMILES string of the molecule is Cc1cc(C)n(-c2ccc(C(=O)OC(C)C(=O)Nc3c(C)cccc3C)cn2)n1. The third kappa shape index (κ3) is 4.51. The molecule has 7 heteroatoms. The Morgan fingerprint density at radius 3 is 2.31 bits per heavy atom. The number of pyridine rings is 1. The number of hydrogen-bond donors (Lipinski definition) is 1. The van der Waals surface area contributed by atoms with Gasteiger partial charge in [-0.3, -0.25) is 4.79 Å². The molecule has 2 heterocycles. The number of benzene rings is 1. The number of hydrogen-bond acceptors (Lipinski definition) is 5. The van der Waals surface area contributed by atoms with Gasteiger partial charge in [-0.05, 0) is 63.9 Å². The number of aromatic nitrogens is 3. The van der Waals surface area contributed by atoms with Gasteiger partial charge in [-0.15, -0.1) is 0 Å². The van der Waals surface area contributed by atoms with E-state index in [9.17, 15) is 9.59 Å². The Hall–Kier alpha value is -3.48. The molecule has 3 aromatic rings. The van der Waals surface area contributed by atoms with Crippen molar-refractivity contribution in [3.63, 3.8) is 0 Å². The van der Waals surface area contributed by atoms with E-state index in [0.29, 0.717) is 5.82 Å². The van der Waals surface area contributed by atoms with Crippen molar-refractivity contribution < 1.29 is 14.3 Å². The number of nitrogens with zero attached hydrogens (tertiary/aromatic N) is 3. The Balaban J connectivity index is 1.66. The smallest absolute Gasteiger partial charge is 0.340 e. The van der Waals surface area contributed by atoms with Crippen LogP contribution in [0.15, 0.2) is 42.6 Å². The van der Waals surface area contributed by atoms with Crippen LogP contribution in [0.1, 0.15) is 39.8 Å². The molecular formula is C22H24N4O3. The highest BCUT2D eigenvalue weighted by molar-refractivity contribution is 5.98. The molecule has 3 rings (SSSR count). The van der Waals surface area contributed by atoms with Gasteiger partial charge in [-0.1, -0.05) is 18.2 Å². The number of anilines is 1. The van der Waals surface area contributed by atoms with E-state index in [0.717, 1.165) is 28.2 Å². The molecule has 29 heavy (non-hydrogen) atoms. The second-order valence-corrected chi connectivity index (χ2v) is 7.05. The molecule has 7 nitrogen and oxygen atoms in total. The topological polar surface area (TPSA) is 86.1 Å². The van der Waals surface area contributed by atoms with E-state index < -0.39 is 12.1 Å². The van der Waals surface area contributed by atoms with Crippen molar-refractivity contribution in [1.82, 2.24) is 14.8 Å². The van der Waals surface area contributed by atoms with Crippen LogP contribution in [0, 0.1) is 27.7 Å². The molecule has 150 valence electrons. The molecule has 0 saturated carbocycles. The minimum absolute atomic E-state index is 0.266. The van der Waals surface area contributed by atoms with Crippen molar-refractivity contribution in [2.45, 2.75) is 40.7 Å². The lowest BCUT2D eigenvalue weighted by Gasteiger charge is -2.16. The van der Waals surface area contributed by atoms with Crippen LogP contribution < -0.4 is 5.32 Å². The van der Waals surface area contributed by atoms with Crippen LogP contribution in [-0.4, -0.2) is 32.7 Å². The highest BCUT2D eigenvalue weighted by atomic mass is 16.5. The molecule has 0 spiro atoms. The van der Waals surface area contributed by atoms with Gasteiger partial charge in [0.25, 0.3) is 5.91 Å². The summed E-state index contributed by atoms with van der Waals surface area (Å²) in [4.78, 5) is 29.1. The lowest BCUT2D eigenvalue weighted by molar-refractivity contribution is -0.123. The Kier molecular flexibility index (Phi) is 5.77. The van der Waals surface area contributed by atoms with Gasteiger partial charge in [0.1, 0.15) is 0 Å². The third-order valence-electron chi connectivity index (χ3n) is 4.59. The monoisotopic (exact) mass is 392 g/mol. The van der Waals surface area contributed by atoms with Crippen molar-refractivity contribution in [3.05, 3.63) is 70.7 Å². The Morgan fingerprint density at radius 2 is 1.76 bits per heavy atom. The molecule has 1 amide bonds. The van der Waals surface area contributed by atoms with Crippen LogP contribution in [0.3, 0.4) is 0 Å². The number of carbonyl (C=O) groups excluding carboxylic acids is 2. The van der Waals surface area contributed by atoms with Gasteiger partial charge in [0.2, 0.25) is 0 Å². The van der Waals surface area contributed by atoms with E-state index in [4.69, 9.17) is 4.74 Å². The van der Waals surface area contributed by atoms with E-state index >= 15 is 0 Å². The predicted molar refractivity (Wildman–Crippen MR) is 110 cm³/mol. The summed E-state index contributed by atoms with van der Waals surface area (Å²) >= 11 is 0. The van der Waals surface area contributed by atoms with Gasteiger partial charge >= 0.3 is 5.97 Å². The highest BCUT2D eigenvalue weighted by Crippen LogP contribution is 2.20. The number of carbonyl (C=O) groups is 2. The normalized spacial score (nSPS) is 11.8. The summed E-state index contributed by atoms with van der Waals surface area (Å²) in [6.07, 6.45) is 0.474. The summed E-state index contributed by atoms with van der Waals surface area (Å²) in [5, 5.41) is 7.20. The van der Waals surface area contributed by atoms with Gasteiger partial charge < -0.3 is 10.1 Å². The first kappa shape index (κ1) is 20.3. The van der Waals surface area contributed by atoms with E-state index in [-0.39, 0.29) is 11.5 Å². The fraction of sp³-hybridized carbons (Fsp3) is 0.273. The van der Waals surface area contributed by atoms with Crippen LogP contribution in [0.25, 0.3) is 5.82 Å². The van der Waals surface area contributed by atoms with E-state index in [1.165, 1.54) is 6.20 Å². The Morgan fingerprint density at radius 1 is 1.07 bits per heavy atom. The number of para-hydroxylation sites is 1. The largest absolute Gasteiger partial charge is 0.449 e. The zero-order chi connectivity index (χ0) is 21.1. The van der Waals surface area contributed by atoms with Crippen LogP contribution in [0.5, 0.6) is 0 Å². The van der Waals surface area contributed by atoms with Crippen LogP contribution in [-0.2, 0) is 9.53 Å². The van der Waals surface area contributed by atoms with Gasteiger partial charge in [0.15, 0.2) is 11.9 Å². The molecule has 1 atom stereocenters. The number of ether oxygens (including phenoxy) is 1. The number of aryl methyl sites for hydroxylation is 4. The van der Waals surface area contributed by atoms with Crippen LogP contribution in [0.2, 0.25) is 0 Å². The number of nitrogens with one attached hydrogen (secondary N) is 1. The summed E-state index contributed by atoms with van der Waals surface area (Å²) < 4.78 is 7.01. The molecule has 0 fully saturated rings. The van der Waals surface area contributed by atoms with Gasteiger partial charge in [-0.25, -0.2) is 14.5 Å². The maximum Gasteiger partial charge on any atom is 0.340 e. The Bertz CT molecular complexity index is 1030. The predicted octanol–water partition coefficient (Wildman–Crippen LogP) is 3.68. The van der Waals surface area contributed by atoms with Crippen LogP contribution in [0.4, 0.5) is 5.69 Å². The average Bonchev–Trinajstić information content (AvgIpc) is 3.02. The number of amides is 1. The standard InChI is InChI=1S/C22H24N4O3/c1-13-7-6-8-14(2)20(13)24-21(27)17(5)29-22(28)18-9-10-19(23-12-18)26-16(4)11-15(3)25-26/h6-12,17H,1-5H3,(H,24,27). The zero-order valence-corrected chi connectivity index (χ0v) is 17.2. The van der Waals surface area contributed by atoms with Crippen molar-refractivity contribution in [2.75, 3.05) is 5.32 Å². The second kappa shape index (κ2) is 8.26. The quantitative estimate of drug-likeness (QED) is 0.670. The summed E-state index contributed by atoms with van der Waals surface area (Å²) in [7, 11) is 0. The molecule has 2 aromatic heterocycles. The summed E-state index contributed by atoms with van der Waals surface area (Å²) in [5.41, 5.74) is 4.72. The minimum Gasteiger partial charge on any atom is -0.449 e. The number of rotatable bonds is 5. The second-order valence-electron chi connectivity index (χ2n) is 7.05. The molecule has 0 aliphatic heterocycles. The lowest BCUT2D eigenvalue weighted by atomic mass is 10.1. The van der Waals surface area contributed by atoms with Crippen LogP contribution >= 0.6 is 0 Å². The molecule has 0 bridgehead atoms. The molecule has 0 radical (unpaired) electrons. The zero-order valence-electron chi connectivity index (χ0n) is 17.2. The Labute approximate surface area is 169 Å². The molecule has 0 saturated heterocycles. The highest BCUT2D eigenvalue weighted by Gasteiger charge is 2.20. The van der Waals surface area contributed by atoms with E-state index in [1.54, 1.807) is 23.7 Å². The van der Waals surface area contributed by atoms with Gasteiger partial charge in [0.05, 0.1) is 11.3 Å². The average molecular weight is 392 g/mol. The van der Waals surface area contributed by atoms with E-state index in [2.05, 4.69) is 15.4 Å². The summed E-state index contributed by atoms with van der Waals surface area (Å²) in [6, 6.07) is 11.0. The molecule has 1 unspecified atom stereocenters. The fourth-order valence-electron chi connectivity index (χ4n) is 3.01. The first-order valence-corrected chi connectivity index (χ1v) is 9.34. The molecule has 0 aliphatic rings.